The van der Waals surface area contributed by atoms with Gasteiger partial charge in [-0.15, -0.1) is 0 Å². The summed E-state index contributed by atoms with van der Waals surface area (Å²) in [4.78, 5) is 37.7. The summed E-state index contributed by atoms with van der Waals surface area (Å²) in [6.07, 6.45) is 1.74. The molecule has 1 amide bonds. The van der Waals surface area contributed by atoms with Crippen LogP contribution in [-0.2, 0) is 0 Å². The highest BCUT2D eigenvalue weighted by Gasteiger charge is 2.30. The van der Waals surface area contributed by atoms with Crippen LogP contribution in [0.1, 0.15) is 17.3 Å². The highest BCUT2D eigenvalue weighted by molar-refractivity contribution is 7.21. The normalized spacial score (nSPS) is 14.0. The summed E-state index contributed by atoms with van der Waals surface area (Å²) in [6.45, 7) is 4.14. The Labute approximate surface area is 182 Å². The quantitative estimate of drug-likeness (QED) is 0.422. The number of aromatic nitrogens is 2. The Balaban J connectivity index is 1.54. The summed E-state index contributed by atoms with van der Waals surface area (Å²) in [5.41, 5.74) is 0.537. The molecule has 31 heavy (non-hydrogen) atoms. The van der Waals surface area contributed by atoms with Crippen molar-refractivity contribution in [3.8, 4) is 11.5 Å². The fourth-order valence-electron chi connectivity index (χ4n) is 3.46. The van der Waals surface area contributed by atoms with Gasteiger partial charge < -0.3 is 19.3 Å². The number of piperazine rings is 1. The van der Waals surface area contributed by atoms with Crippen LogP contribution >= 0.6 is 11.3 Å². The van der Waals surface area contributed by atoms with E-state index in [1.54, 1.807) is 18.0 Å². The van der Waals surface area contributed by atoms with Crippen LogP contribution in [0.2, 0.25) is 0 Å². The number of methoxy groups -OCH3 is 1. The molecule has 0 aliphatic carbocycles. The minimum absolute atomic E-state index is 0.00751. The Morgan fingerprint density at radius 2 is 2.03 bits per heavy atom. The SMILES string of the molecule is CCOc1cc(C(=O)N2CCN(c3nc4cccnc4s3)CC2)c([N+](=O)[O-])cc1OC. The summed E-state index contributed by atoms with van der Waals surface area (Å²) in [5, 5.41) is 12.4. The van der Waals surface area contributed by atoms with Crippen LogP contribution in [0, 0.1) is 10.1 Å². The highest BCUT2D eigenvalue weighted by atomic mass is 32.1. The molecule has 1 aromatic carbocycles. The van der Waals surface area contributed by atoms with Crippen molar-refractivity contribution in [2.24, 2.45) is 0 Å². The van der Waals surface area contributed by atoms with Gasteiger partial charge in [0, 0.05) is 38.4 Å². The van der Waals surface area contributed by atoms with Crippen LogP contribution in [0.25, 0.3) is 10.3 Å². The van der Waals surface area contributed by atoms with Crippen LogP contribution in [0.15, 0.2) is 30.5 Å². The standard InChI is InChI=1S/C20H21N5O5S/c1-3-30-17-11-13(15(25(27)28)12-16(17)29-2)19(26)23-7-9-24(10-8-23)20-22-14-5-4-6-21-18(14)31-20/h4-6,11-12H,3,7-10H2,1-2H3. The molecular weight excluding hydrogens is 422 g/mol. The lowest BCUT2D eigenvalue weighted by molar-refractivity contribution is -0.385. The van der Waals surface area contributed by atoms with Crippen molar-refractivity contribution in [2.45, 2.75) is 6.92 Å². The molecule has 0 N–H and O–H groups in total. The van der Waals surface area contributed by atoms with Gasteiger partial charge in [0.25, 0.3) is 11.6 Å². The Morgan fingerprint density at radius 3 is 2.68 bits per heavy atom. The van der Waals surface area contributed by atoms with Crippen LogP contribution < -0.4 is 14.4 Å². The lowest BCUT2D eigenvalue weighted by atomic mass is 10.1. The molecule has 162 valence electrons. The average Bonchev–Trinajstić information content (AvgIpc) is 3.23. The van der Waals surface area contributed by atoms with Gasteiger partial charge in [-0.1, -0.05) is 11.3 Å². The highest BCUT2D eigenvalue weighted by Crippen LogP contribution is 2.36. The van der Waals surface area contributed by atoms with Crippen LogP contribution in [0.4, 0.5) is 10.8 Å². The monoisotopic (exact) mass is 443 g/mol. The molecule has 11 heteroatoms. The molecule has 1 aliphatic heterocycles. The van der Waals surface area contributed by atoms with Crippen molar-refractivity contribution in [2.75, 3.05) is 44.8 Å². The van der Waals surface area contributed by atoms with E-state index < -0.39 is 10.8 Å². The topological polar surface area (TPSA) is 111 Å². The molecule has 2 aromatic heterocycles. The van der Waals surface area contributed by atoms with Crippen molar-refractivity contribution in [3.05, 3.63) is 46.1 Å². The number of anilines is 1. The van der Waals surface area contributed by atoms with Gasteiger partial charge in [0.15, 0.2) is 16.6 Å². The summed E-state index contributed by atoms with van der Waals surface area (Å²) in [5.74, 6) is 0.125. The number of hydrogen-bond acceptors (Lipinski definition) is 9. The molecule has 3 heterocycles. The van der Waals surface area contributed by atoms with E-state index in [4.69, 9.17) is 9.47 Å². The molecule has 0 atom stereocenters. The summed E-state index contributed by atoms with van der Waals surface area (Å²) in [7, 11) is 1.40. The largest absolute Gasteiger partial charge is 0.493 e. The van der Waals surface area contributed by atoms with Crippen molar-refractivity contribution in [3.63, 3.8) is 0 Å². The van der Waals surface area contributed by atoms with E-state index in [0.29, 0.717) is 38.5 Å². The number of nitrogens with zero attached hydrogens (tertiary/aromatic N) is 5. The zero-order valence-corrected chi connectivity index (χ0v) is 17.9. The second-order valence-electron chi connectivity index (χ2n) is 6.81. The number of hydrogen-bond donors (Lipinski definition) is 0. The second kappa shape index (κ2) is 8.72. The fraction of sp³-hybridized carbons (Fsp3) is 0.350. The van der Waals surface area contributed by atoms with Gasteiger partial charge in [-0.3, -0.25) is 14.9 Å². The third kappa shape index (κ3) is 4.08. The lowest BCUT2D eigenvalue weighted by Crippen LogP contribution is -2.48. The summed E-state index contributed by atoms with van der Waals surface area (Å²) in [6, 6.07) is 6.40. The van der Waals surface area contributed by atoms with Gasteiger partial charge in [0.1, 0.15) is 15.9 Å². The number of nitro groups is 1. The number of carbonyl (C=O) groups is 1. The number of carbonyl (C=O) groups excluding carboxylic acids is 1. The Bertz CT molecular complexity index is 1090. The number of thiazole rings is 1. The zero-order valence-electron chi connectivity index (χ0n) is 17.1. The lowest BCUT2D eigenvalue weighted by Gasteiger charge is -2.34. The van der Waals surface area contributed by atoms with E-state index in [0.717, 1.165) is 15.5 Å². The Morgan fingerprint density at radius 1 is 1.26 bits per heavy atom. The van der Waals surface area contributed by atoms with E-state index in [-0.39, 0.29) is 17.0 Å². The number of amides is 1. The fourth-order valence-corrected chi connectivity index (χ4v) is 4.42. The first kappa shape index (κ1) is 20.8. The van der Waals surface area contributed by atoms with Gasteiger partial charge in [-0.2, -0.15) is 0 Å². The van der Waals surface area contributed by atoms with Crippen molar-refractivity contribution >= 4 is 38.4 Å². The minimum atomic E-state index is -0.574. The van der Waals surface area contributed by atoms with Gasteiger partial charge in [0.2, 0.25) is 0 Å². The van der Waals surface area contributed by atoms with Crippen LogP contribution in [0.3, 0.4) is 0 Å². The van der Waals surface area contributed by atoms with Crippen molar-refractivity contribution in [1.29, 1.82) is 0 Å². The minimum Gasteiger partial charge on any atom is -0.493 e. The molecule has 1 aliphatic rings. The van der Waals surface area contributed by atoms with Gasteiger partial charge in [-0.05, 0) is 19.1 Å². The molecule has 10 nitrogen and oxygen atoms in total. The average molecular weight is 443 g/mol. The maximum Gasteiger partial charge on any atom is 0.286 e. The van der Waals surface area contributed by atoms with Gasteiger partial charge in [-0.25, -0.2) is 9.97 Å². The molecular formula is C20H21N5O5S. The number of nitro benzene ring substituents is 1. The molecule has 0 radical (unpaired) electrons. The summed E-state index contributed by atoms with van der Waals surface area (Å²) < 4.78 is 10.7. The first-order valence-electron chi connectivity index (χ1n) is 9.76. The number of ether oxygens (including phenoxy) is 2. The first-order chi connectivity index (χ1) is 15.0. The Kier molecular flexibility index (Phi) is 5.85. The van der Waals surface area contributed by atoms with E-state index in [1.165, 1.54) is 30.6 Å². The van der Waals surface area contributed by atoms with Crippen molar-refractivity contribution in [1.82, 2.24) is 14.9 Å². The Hall–Kier alpha value is -3.47. The molecule has 0 bridgehead atoms. The molecule has 0 unspecified atom stereocenters. The zero-order chi connectivity index (χ0) is 22.0. The van der Waals surface area contributed by atoms with E-state index in [1.807, 2.05) is 12.1 Å². The molecule has 1 saturated heterocycles. The van der Waals surface area contributed by atoms with Crippen LogP contribution in [0.5, 0.6) is 11.5 Å². The maximum absolute atomic E-state index is 13.1. The van der Waals surface area contributed by atoms with E-state index in [2.05, 4.69) is 14.9 Å². The molecule has 0 spiro atoms. The van der Waals surface area contributed by atoms with E-state index >= 15 is 0 Å². The number of benzene rings is 1. The van der Waals surface area contributed by atoms with E-state index in [9.17, 15) is 14.9 Å². The van der Waals surface area contributed by atoms with Crippen molar-refractivity contribution < 1.29 is 19.2 Å². The van der Waals surface area contributed by atoms with Crippen LogP contribution in [-0.4, -0.2) is 65.6 Å². The smallest absolute Gasteiger partial charge is 0.286 e. The summed E-state index contributed by atoms with van der Waals surface area (Å²) >= 11 is 1.51. The third-order valence-corrected chi connectivity index (χ3v) is 6.04. The first-order valence-corrected chi connectivity index (χ1v) is 10.6. The molecule has 4 rings (SSSR count). The number of pyridine rings is 1. The molecule has 3 aromatic rings. The number of fused-ring (bicyclic) bond motifs is 1. The second-order valence-corrected chi connectivity index (χ2v) is 7.77. The van der Waals surface area contributed by atoms with Gasteiger partial charge in [0.05, 0.1) is 24.7 Å². The predicted molar refractivity (Wildman–Crippen MR) is 116 cm³/mol. The third-order valence-electron chi connectivity index (χ3n) is 5.00. The molecule has 1 fully saturated rings. The predicted octanol–water partition coefficient (Wildman–Crippen LogP) is 2.97. The van der Waals surface area contributed by atoms with Gasteiger partial charge >= 0.3 is 0 Å². The number of rotatable bonds is 6. The maximum atomic E-state index is 13.1. The molecule has 0 saturated carbocycles.